The van der Waals surface area contributed by atoms with E-state index < -0.39 is 8.07 Å². The van der Waals surface area contributed by atoms with Gasteiger partial charge in [0, 0.05) is 24.2 Å². The lowest BCUT2D eigenvalue weighted by Gasteiger charge is -2.38. The van der Waals surface area contributed by atoms with E-state index in [-0.39, 0.29) is 0 Å². The van der Waals surface area contributed by atoms with Crippen molar-refractivity contribution in [2.45, 2.75) is 72.0 Å². The minimum absolute atomic E-state index is 0.600. The fourth-order valence-electron chi connectivity index (χ4n) is 3.90. The minimum atomic E-state index is -1.78. The summed E-state index contributed by atoms with van der Waals surface area (Å²) in [5.41, 5.74) is 8.03. The molecule has 0 saturated heterocycles. The van der Waals surface area contributed by atoms with Crippen LogP contribution in [0.4, 0.5) is 5.69 Å². The van der Waals surface area contributed by atoms with Gasteiger partial charge in [0.1, 0.15) is 8.07 Å². The molecule has 0 spiro atoms. The van der Waals surface area contributed by atoms with Gasteiger partial charge in [0.2, 0.25) is 0 Å². The Labute approximate surface area is 167 Å². The topological polar surface area (TPSA) is 28.0 Å². The molecule has 0 aliphatic heterocycles. The highest BCUT2D eigenvalue weighted by Gasteiger charge is 2.41. The summed E-state index contributed by atoms with van der Waals surface area (Å²) in [4.78, 5) is 0. The molecule has 3 nitrogen and oxygen atoms in total. The monoisotopic (exact) mass is 381 g/mol. The predicted octanol–water partition coefficient (Wildman–Crippen LogP) is 6.58. The molecule has 0 radical (unpaired) electrons. The summed E-state index contributed by atoms with van der Waals surface area (Å²) in [6.07, 6.45) is 5.65. The van der Waals surface area contributed by atoms with Crippen molar-refractivity contribution in [3.63, 3.8) is 0 Å². The molecule has 0 bridgehead atoms. The van der Waals surface area contributed by atoms with E-state index in [1.165, 1.54) is 0 Å². The van der Waals surface area contributed by atoms with Crippen LogP contribution in [-0.4, -0.2) is 26.2 Å². The van der Waals surface area contributed by atoms with Gasteiger partial charge in [-0.2, -0.15) is 0 Å². The van der Waals surface area contributed by atoms with E-state index in [4.69, 9.17) is 6.42 Å². The van der Waals surface area contributed by atoms with E-state index in [1.54, 1.807) is 0 Å². The quantitative estimate of drug-likeness (QED) is 0.227. The smallest absolute Gasteiger partial charge is 0.146 e. The van der Waals surface area contributed by atoms with Crippen molar-refractivity contribution in [2.24, 2.45) is 10.3 Å². The number of benzene rings is 1. The Hall–Kier alpha value is -2.04. The summed E-state index contributed by atoms with van der Waals surface area (Å²) in [5.74, 6) is 6.18. The lowest BCUT2D eigenvalue weighted by molar-refractivity contribution is 0.301. The third-order valence-corrected chi connectivity index (χ3v) is 11.7. The van der Waals surface area contributed by atoms with Crippen molar-refractivity contribution in [3.8, 4) is 23.8 Å². The zero-order valence-corrected chi connectivity index (χ0v) is 19.3. The van der Waals surface area contributed by atoms with Gasteiger partial charge in [-0.1, -0.05) is 58.6 Å². The lowest BCUT2D eigenvalue weighted by atomic mass is 10.1. The number of hydrogen-bond donors (Lipinski definition) is 0. The molecular formula is C23H35N3Si. The number of rotatable bonds is 7. The number of nitrogens with zero attached hydrogens (tertiary/aromatic N) is 3. The van der Waals surface area contributed by atoms with Crippen LogP contribution >= 0.6 is 0 Å². The van der Waals surface area contributed by atoms with Crippen molar-refractivity contribution in [2.75, 3.05) is 13.1 Å². The number of terminal acetylenes is 1. The van der Waals surface area contributed by atoms with Gasteiger partial charge < -0.3 is 0 Å². The molecule has 0 heterocycles. The van der Waals surface area contributed by atoms with Crippen molar-refractivity contribution >= 4 is 13.8 Å². The van der Waals surface area contributed by atoms with Gasteiger partial charge in [0.15, 0.2) is 0 Å². The Bertz CT molecular complexity index is 719. The molecule has 1 rings (SSSR count). The van der Waals surface area contributed by atoms with Gasteiger partial charge in [-0.05, 0) is 48.7 Å². The molecule has 4 heteroatoms. The number of hydrogen-bond acceptors (Lipinski definition) is 2. The van der Waals surface area contributed by atoms with E-state index in [0.717, 1.165) is 29.9 Å². The predicted molar refractivity (Wildman–Crippen MR) is 120 cm³/mol. The summed E-state index contributed by atoms with van der Waals surface area (Å²) in [5, 5.41) is 10.6. The SMILES string of the molecule is C#Cc1cc(C#C[Si](C(C)C)(C(C)C)C(C)C)cc(N=NN(CC)CC)c1. The first-order valence-electron chi connectivity index (χ1n) is 10.0. The fraction of sp³-hybridized carbons (Fsp3) is 0.565. The van der Waals surface area contributed by atoms with Crippen LogP contribution in [0.2, 0.25) is 16.6 Å². The lowest BCUT2D eigenvalue weighted by Crippen LogP contribution is -2.43. The first-order valence-corrected chi connectivity index (χ1v) is 12.3. The Balaban J connectivity index is 3.38. The molecule has 0 N–H and O–H groups in total. The first-order chi connectivity index (χ1) is 12.7. The molecule has 0 atom stereocenters. The van der Waals surface area contributed by atoms with Gasteiger partial charge in [-0.25, -0.2) is 0 Å². The van der Waals surface area contributed by atoms with E-state index in [2.05, 4.69) is 83.1 Å². The molecule has 0 fully saturated rings. The van der Waals surface area contributed by atoms with Crippen molar-refractivity contribution < 1.29 is 0 Å². The summed E-state index contributed by atoms with van der Waals surface area (Å²) in [6.45, 7) is 19.7. The van der Waals surface area contributed by atoms with Crippen LogP contribution < -0.4 is 0 Å². The molecule has 0 amide bonds. The summed E-state index contributed by atoms with van der Waals surface area (Å²) < 4.78 is 0. The molecule has 146 valence electrons. The van der Waals surface area contributed by atoms with Gasteiger partial charge >= 0.3 is 0 Å². The fourth-order valence-corrected chi connectivity index (χ4v) is 9.13. The minimum Gasteiger partial charge on any atom is -0.279 e. The average Bonchev–Trinajstić information content (AvgIpc) is 2.62. The summed E-state index contributed by atoms with van der Waals surface area (Å²) in [6, 6.07) is 5.85. The van der Waals surface area contributed by atoms with E-state index in [1.807, 2.05) is 23.2 Å². The van der Waals surface area contributed by atoms with Crippen LogP contribution in [0.3, 0.4) is 0 Å². The molecule has 1 aromatic carbocycles. The average molecular weight is 382 g/mol. The van der Waals surface area contributed by atoms with Gasteiger partial charge in [-0.15, -0.1) is 17.1 Å². The van der Waals surface area contributed by atoms with Gasteiger partial charge in [0.25, 0.3) is 0 Å². The molecular weight excluding hydrogens is 346 g/mol. The van der Waals surface area contributed by atoms with Crippen LogP contribution in [0.15, 0.2) is 28.5 Å². The maximum absolute atomic E-state index is 5.65. The second-order valence-electron chi connectivity index (χ2n) is 7.89. The first kappa shape index (κ1) is 23.0. The molecule has 27 heavy (non-hydrogen) atoms. The zero-order valence-electron chi connectivity index (χ0n) is 18.3. The molecule has 0 saturated carbocycles. The Kier molecular flexibility index (Phi) is 8.80. The summed E-state index contributed by atoms with van der Waals surface area (Å²) >= 11 is 0. The van der Waals surface area contributed by atoms with Crippen LogP contribution in [0.5, 0.6) is 0 Å². The third kappa shape index (κ3) is 5.71. The Morgan fingerprint density at radius 2 is 1.44 bits per heavy atom. The second-order valence-corrected chi connectivity index (χ2v) is 13.5. The zero-order chi connectivity index (χ0) is 20.6. The van der Waals surface area contributed by atoms with Crippen molar-refractivity contribution in [3.05, 3.63) is 29.3 Å². The Morgan fingerprint density at radius 3 is 1.89 bits per heavy atom. The van der Waals surface area contributed by atoms with Crippen molar-refractivity contribution in [1.82, 2.24) is 5.01 Å². The van der Waals surface area contributed by atoms with Crippen LogP contribution in [0, 0.1) is 23.8 Å². The standard InChI is InChI=1S/C23H35N3Si/c1-10-21-15-22(17-23(16-21)24-25-26(11-2)12-3)13-14-27(18(4)5,19(6)7)20(8)9/h1,15-20H,11-12H2,2-9H3. The van der Waals surface area contributed by atoms with Crippen molar-refractivity contribution in [1.29, 1.82) is 0 Å². The molecule has 0 aromatic heterocycles. The highest BCUT2D eigenvalue weighted by molar-refractivity contribution is 6.90. The summed E-state index contributed by atoms with van der Waals surface area (Å²) in [7, 11) is -1.78. The molecule has 0 unspecified atom stereocenters. The van der Waals surface area contributed by atoms with E-state index in [0.29, 0.717) is 16.6 Å². The molecule has 0 aliphatic carbocycles. The van der Waals surface area contributed by atoms with Crippen LogP contribution in [0.25, 0.3) is 0 Å². The highest BCUT2D eigenvalue weighted by Crippen LogP contribution is 2.40. The van der Waals surface area contributed by atoms with E-state index in [9.17, 15) is 0 Å². The van der Waals surface area contributed by atoms with Gasteiger partial charge in [0.05, 0.1) is 5.69 Å². The third-order valence-electron chi connectivity index (χ3n) is 5.39. The van der Waals surface area contributed by atoms with Crippen LogP contribution in [-0.2, 0) is 0 Å². The van der Waals surface area contributed by atoms with E-state index >= 15 is 0 Å². The molecule has 0 aliphatic rings. The molecule has 1 aromatic rings. The maximum Gasteiger partial charge on any atom is 0.146 e. The van der Waals surface area contributed by atoms with Crippen LogP contribution in [0.1, 0.15) is 66.5 Å². The largest absolute Gasteiger partial charge is 0.279 e. The maximum atomic E-state index is 5.65. The highest BCUT2D eigenvalue weighted by atomic mass is 28.3. The normalized spacial score (nSPS) is 11.8. The van der Waals surface area contributed by atoms with Gasteiger partial charge in [-0.3, -0.25) is 5.01 Å². The Morgan fingerprint density at radius 1 is 0.926 bits per heavy atom. The second kappa shape index (κ2) is 10.3.